The third-order valence-corrected chi connectivity index (χ3v) is 4.64. The molecule has 0 atom stereocenters. The lowest BCUT2D eigenvalue weighted by Gasteiger charge is -2.15. The fourth-order valence-electron chi connectivity index (χ4n) is 3.11. The number of anilines is 2. The maximum Gasteiger partial charge on any atom is 0.181 e. The van der Waals surface area contributed by atoms with E-state index in [1.165, 1.54) is 36.7 Å². The number of nitrogens with zero attached hydrogens (tertiary/aromatic N) is 3. The Morgan fingerprint density at radius 2 is 2.00 bits per heavy atom. The van der Waals surface area contributed by atoms with Gasteiger partial charge in [0.25, 0.3) is 0 Å². The normalized spacial score (nSPS) is 12.3. The topological polar surface area (TPSA) is 139 Å². The second kappa shape index (κ2) is 8.35. The van der Waals surface area contributed by atoms with Crippen molar-refractivity contribution in [1.82, 2.24) is 9.97 Å². The fraction of sp³-hybridized carbons (Fsp3) is 0.238. The van der Waals surface area contributed by atoms with Crippen LogP contribution in [0.1, 0.15) is 46.7 Å². The van der Waals surface area contributed by atoms with E-state index in [4.69, 9.17) is 26.6 Å². The first kappa shape index (κ1) is 19.1. The summed E-state index contributed by atoms with van der Waals surface area (Å²) in [4.78, 5) is 8.20. The highest BCUT2D eigenvalue weighted by Crippen LogP contribution is 2.21. The van der Waals surface area contributed by atoms with E-state index in [1.54, 1.807) is 18.2 Å². The van der Waals surface area contributed by atoms with Crippen molar-refractivity contribution in [3.8, 4) is 6.07 Å². The molecule has 2 heterocycles. The maximum absolute atomic E-state index is 8.83. The van der Waals surface area contributed by atoms with Gasteiger partial charge in [0.15, 0.2) is 12.2 Å². The zero-order chi connectivity index (χ0) is 20.1. The van der Waals surface area contributed by atoms with Crippen molar-refractivity contribution in [2.75, 3.05) is 11.5 Å². The molecule has 7 heteroatoms. The lowest BCUT2D eigenvalue weighted by Crippen LogP contribution is -2.07. The minimum Gasteiger partial charge on any atom is -0.442 e. The molecular formula is C21H22N6O. The quantitative estimate of drug-likeness (QED) is 0.464. The molecule has 0 amide bonds. The summed E-state index contributed by atoms with van der Waals surface area (Å²) in [7, 11) is 0. The molecule has 142 valence electrons. The van der Waals surface area contributed by atoms with Gasteiger partial charge in [0.1, 0.15) is 11.8 Å². The fourth-order valence-corrected chi connectivity index (χ4v) is 3.11. The lowest BCUT2D eigenvalue weighted by atomic mass is 9.94. The minimum atomic E-state index is 0.178. The van der Waals surface area contributed by atoms with Crippen LogP contribution in [-0.2, 0) is 12.8 Å². The molecule has 3 aromatic rings. The molecular weight excluding hydrogens is 352 g/mol. The average Bonchev–Trinajstić information content (AvgIpc) is 3.24. The Kier molecular flexibility index (Phi) is 5.70. The molecule has 0 saturated carbocycles. The van der Waals surface area contributed by atoms with E-state index < -0.39 is 0 Å². The largest absolute Gasteiger partial charge is 0.442 e. The van der Waals surface area contributed by atoms with E-state index in [2.05, 4.69) is 16.0 Å². The highest BCUT2D eigenvalue weighted by molar-refractivity contribution is 6.12. The van der Waals surface area contributed by atoms with Crippen LogP contribution in [0.3, 0.4) is 0 Å². The van der Waals surface area contributed by atoms with Gasteiger partial charge in [-0.3, -0.25) is 10.4 Å². The van der Waals surface area contributed by atoms with Crippen LogP contribution in [0.2, 0.25) is 0 Å². The van der Waals surface area contributed by atoms with Gasteiger partial charge in [-0.1, -0.05) is 0 Å². The number of nitrogens with two attached hydrogens (primary N) is 2. The Morgan fingerprint density at radius 1 is 1.21 bits per heavy atom. The number of aromatic nitrogens is 2. The van der Waals surface area contributed by atoms with Crippen LogP contribution >= 0.6 is 0 Å². The first-order chi connectivity index (χ1) is 13.5. The van der Waals surface area contributed by atoms with Gasteiger partial charge in [-0.2, -0.15) is 5.26 Å². The van der Waals surface area contributed by atoms with Crippen LogP contribution in [-0.4, -0.2) is 15.7 Å². The van der Waals surface area contributed by atoms with Crippen LogP contribution in [0.25, 0.3) is 0 Å². The third kappa shape index (κ3) is 4.18. The number of hydrogen-bond donors (Lipinski definition) is 3. The van der Waals surface area contributed by atoms with E-state index in [0.29, 0.717) is 22.7 Å². The Labute approximate surface area is 163 Å². The Morgan fingerprint density at radius 3 is 2.71 bits per heavy atom. The molecule has 2 aromatic heterocycles. The first-order valence-electron chi connectivity index (χ1n) is 9.02. The summed E-state index contributed by atoms with van der Waals surface area (Å²) >= 11 is 0. The molecule has 0 fully saturated rings. The maximum atomic E-state index is 8.83. The highest BCUT2D eigenvalue weighted by atomic mass is 16.3. The van der Waals surface area contributed by atoms with Crippen molar-refractivity contribution in [3.63, 3.8) is 0 Å². The summed E-state index contributed by atoms with van der Waals surface area (Å²) in [6.45, 7) is 1.91. The Bertz CT molecular complexity index is 1030. The summed E-state index contributed by atoms with van der Waals surface area (Å²) < 4.78 is 5.01. The molecule has 1 aliphatic rings. The molecule has 7 nitrogen and oxygen atoms in total. The van der Waals surface area contributed by atoms with E-state index in [1.807, 2.05) is 13.0 Å². The van der Waals surface area contributed by atoms with Gasteiger partial charge < -0.3 is 15.9 Å². The number of aryl methyl sites for hydroxylation is 3. The minimum absolute atomic E-state index is 0.178. The number of rotatable bonds is 2. The van der Waals surface area contributed by atoms with Crippen LogP contribution in [0.15, 0.2) is 41.3 Å². The molecule has 1 aromatic carbocycles. The van der Waals surface area contributed by atoms with Crippen LogP contribution in [0.4, 0.5) is 11.4 Å². The third-order valence-electron chi connectivity index (χ3n) is 4.64. The summed E-state index contributed by atoms with van der Waals surface area (Å²) in [6, 6.07) is 9.18. The standard InChI is InChI=1S/C11H12N2.C10H10N4O/c1-8-10(7-12)6-9-4-2-3-5-11(9)13-8;11-6-1-2-8(12)7(3-6)10(13)9-4-14-5-15-9/h6H,2-5H2,1H3;1-5,13H,11-12H2. The van der Waals surface area contributed by atoms with Crippen molar-refractivity contribution in [3.05, 3.63) is 70.7 Å². The summed E-state index contributed by atoms with van der Waals surface area (Å²) in [5.41, 5.74) is 17.2. The molecule has 0 radical (unpaired) electrons. The first-order valence-corrected chi connectivity index (χ1v) is 9.02. The van der Waals surface area contributed by atoms with Gasteiger partial charge in [-0.25, -0.2) is 4.98 Å². The van der Waals surface area contributed by atoms with Crippen molar-refractivity contribution >= 4 is 17.1 Å². The van der Waals surface area contributed by atoms with Gasteiger partial charge in [0.2, 0.25) is 0 Å². The highest BCUT2D eigenvalue weighted by Gasteiger charge is 2.13. The molecule has 0 bridgehead atoms. The van der Waals surface area contributed by atoms with E-state index in [9.17, 15) is 0 Å². The molecule has 4 rings (SSSR count). The molecule has 0 saturated heterocycles. The van der Waals surface area contributed by atoms with Gasteiger partial charge in [-0.05, 0) is 62.4 Å². The van der Waals surface area contributed by atoms with Gasteiger partial charge >= 0.3 is 0 Å². The molecule has 1 aliphatic carbocycles. The second-order valence-corrected chi connectivity index (χ2v) is 6.63. The Hall–Kier alpha value is -3.66. The van der Waals surface area contributed by atoms with Gasteiger partial charge in [-0.15, -0.1) is 0 Å². The zero-order valence-corrected chi connectivity index (χ0v) is 15.7. The van der Waals surface area contributed by atoms with Crippen molar-refractivity contribution < 1.29 is 4.42 Å². The van der Waals surface area contributed by atoms with Crippen molar-refractivity contribution in [1.29, 1.82) is 10.7 Å². The Balaban J connectivity index is 0.000000162. The van der Waals surface area contributed by atoms with Crippen LogP contribution in [0.5, 0.6) is 0 Å². The zero-order valence-electron chi connectivity index (χ0n) is 15.7. The average molecular weight is 374 g/mol. The SMILES string of the molecule is Cc1nc2c(cc1C#N)CCCC2.N=C(c1cnco1)c1cc(N)ccc1N. The van der Waals surface area contributed by atoms with Crippen LogP contribution in [0, 0.1) is 23.7 Å². The van der Waals surface area contributed by atoms with Gasteiger partial charge in [0, 0.05) is 22.6 Å². The number of fused-ring (bicyclic) bond motifs is 1. The molecule has 5 N–H and O–H groups in total. The number of pyridine rings is 1. The number of hydrogen-bond acceptors (Lipinski definition) is 7. The summed E-state index contributed by atoms with van der Waals surface area (Å²) in [5.74, 6) is 0.368. The van der Waals surface area contributed by atoms with Crippen LogP contribution < -0.4 is 11.5 Å². The van der Waals surface area contributed by atoms with E-state index in [-0.39, 0.29) is 5.71 Å². The summed E-state index contributed by atoms with van der Waals surface area (Å²) in [6.07, 6.45) is 7.39. The van der Waals surface area contributed by atoms with E-state index in [0.717, 1.165) is 24.1 Å². The van der Waals surface area contributed by atoms with E-state index >= 15 is 0 Å². The van der Waals surface area contributed by atoms with Crippen molar-refractivity contribution in [2.24, 2.45) is 0 Å². The monoisotopic (exact) mass is 374 g/mol. The predicted molar refractivity (Wildman–Crippen MR) is 108 cm³/mol. The second-order valence-electron chi connectivity index (χ2n) is 6.63. The molecule has 0 spiro atoms. The number of benzene rings is 1. The number of nitriles is 1. The number of nitrogen functional groups attached to an aromatic ring is 2. The molecule has 0 aliphatic heterocycles. The number of oxazole rings is 1. The predicted octanol–water partition coefficient (Wildman–Crippen LogP) is 3.40. The van der Waals surface area contributed by atoms with Crippen molar-refractivity contribution in [2.45, 2.75) is 32.6 Å². The smallest absolute Gasteiger partial charge is 0.181 e. The van der Waals surface area contributed by atoms with Gasteiger partial charge in [0.05, 0.1) is 17.5 Å². The molecule has 0 unspecified atom stereocenters. The lowest BCUT2D eigenvalue weighted by molar-refractivity contribution is 0.548. The molecule has 28 heavy (non-hydrogen) atoms. The summed E-state index contributed by atoms with van der Waals surface area (Å²) in [5, 5.41) is 16.7. The number of nitrogens with one attached hydrogen (secondary N) is 1.